The van der Waals surface area contributed by atoms with Crippen molar-refractivity contribution in [2.75, 3.05) is 5.75 Å². The maximum Gasteiger partial charge on any atom is 0.133 e. The van der Waals surface area contributed by atoms with Gasteiger partial charge in [-0.3, -0.25) is 0 Å². The number of para-hydroxylation sites is 1. The van der Waals surface area contributed by atoms with Gasteiger partial charge in [-0.15, -0.1) is 11.8 Å². The Morgan fingerprint density at radius 3 is 3.20 bits per heavy atom. The van der Waals surface area contributed by atoms with Crippen molar-refractivity contribution in [1.82, 2.24) is 9.55 Å². The Balaban J connectivity index is 1.68. The fourth-order valence-electron chi connectivity index (χ4n) is 2.41. The minimum atomic E-state index is -0.0384. The molecule has 0 fully saturated rings. The predicted molar refractivity (Wildman–Crippen MR) is 81.2 cm³/mol. The molecule has 0 saturated carbocycles. The van der Waals surface area contributed by atoms with Crippen molar-refractivity contribution in [2.45, 2.75) is 36.9 Å². The summed E-state index contributed by atoms with van der Waals surface area (Å²) in [7, 11) is 0. The molecule has 0 radical (unpaired) electrons. The van der Waals surface area contributed by atoms with Crippen LogP contribution in [0.1, 0.15) is 12.7 Å². The van der Waals surface area contributed by atoms with E-state index in [1.54, 1.807) is 0 Å². The van der Waals surface area contributed by atoms with E-state index in [0.29, 0.717) is 0 Å². The number of thioether (sulfide) groups is 1. The number of nitrogens with two attached hydrogens (primary N) is 1. The van der Waals surface area contributed by atoms with E-state index in [0.717, 1.165) is 30.3 Å². The second-order valence-electron chi connectivity index (χ2n) is 4.91. The van der Waals surface area contributed by atoms with E-state index in [9.17, 15) is 0 Å². The Kier molecular flexibility index (Phi) is 3.98. The third kappa shape index (κ3) is 2.69. The summed E-state index contributed by atoms with van der Waals surface area (Å²) in [5.74, 6) is 2.88. The first-order chi connectivity index (χ1) is 9.78. The average molecular weight is 289 g/mol. The summed E-state index contributed by atoms with van der Waals surface area (Å²) < 4.78 is 8.16. The minimum absolute atomic E-state index is 0.0384. The van der Waals surface area contributed by atoms with E-state index in [2.05, 4.69) is 22.5 Å². The van der Waals surface area contributed by atoms with Gasteiger partial charge in [0.1, 0.15) is 17.7 Å². The van der Waals surface area contributed by atoms with Gasteiger partial charge in [0, 0.05) is 42.0 Å². The molecule has 2 atom stereocenters. The van der Waals surface area contributed by atoms with Gasteiger partial charge in [-0.1, -0.05) is 12.1 Å². The van der Waals surface area contributed by atoms with Gasteiger partial charge in [0.05, 0.1) is 0 Å². The van der Waals surface area contributed by atoms with E-state index in [4.69, 9.17) is 10.5 Å². The Bertz CT molecular complexity index is 584. The second-order valence-corrected chi connectivity index (χ2v) is 5.97. The molecule has 5 heteroatoms. The first kappa shape index (κ1) is 13.5. The predicted octanol–water partition coefficient (Wildman–Crippen LogP) is 2.33. The van der Waals surface area contributed by atoms with Crippen LogP contribution < -0.4 is 10.5 Å². The lowest BCUT2D eigenvalue weighted by Gasteiger charge is -2.29. The van der Waals surface area contributed by atoms with Gasteiger partial charge >= 0.3 is 0 Å². The van der Waals surface area contributed by atoms with Crippen LogP contribution >= 0.6 is 11.8 Å². The molecule has 3 rings (SSSR count). The number of imidazole rings is 1. The lowest BCUT2D eigenvalue weighted by molar-refractivity contribution is 0.182. The van der Waals surface area contributed by atoms with Crippen molar-refractivity contribution in [1.29, 1.82) is 0 Å². The number of aromatic nitrogens is 2. The molecule has 1 aliphatic heterocycles. The number of hydrogen-bond acceptors (Lipinski definition) is 4. The van der Waals surface area contributed by atoms with Crippen LogP contribution in [0.15, 0.2) is 41.6 Å². The van der Waals surface area contributed by atoms with Gasteiger partial charge in [-0.05, 0) is 19.1 Å². The highest BCUT2D eigenvalue weighted by atomic mass is 32.2. The van der Waals surface area contributed by atoms with E-state index >= 15 is 0 Å². The maximum absolute atomic E-state index is 6.33. The molecular formula is C15H19N3OS. The summed E-state index contributed by atoms with van der Waals surface area (Å²) in [5.41, 5.74) is 6.33. The topological polar surface area (TPSA) is 53.1 Å². The highest BCUT2D eigenvalue weighted by molar-refractivity contribution is 7.99. The van der Waals surface area contributed by atoms with Crippen LogP contribution in [0.5, 0.6) is 5.75 Å². The van der Waals surface area contributed by atoms with Crippen molar-refractivity contribution < 1.29 is 4.74 Å². The van der Waals surface area contributed by atoms with Crippen LogP contribution in [-0.2, 0) is 13.0 Å². The van der Waals surface area contributed by atoms with Crippen LogP contribution in [0.4, 0.5) is 0 Å². The van der Waals surface area contributed by atoms with Gasteiger partial charge in [0.25, 0.3) is 0 Å². The van der Waals surface area contributed by atoms with Crippen LogP contribution in [0.2, 0.25) is 0 Å². The summed E-state index contributed by atoms with van der Waals surface area (Å²) in [6.07, 6.45) is 4.61. The lowest BCUT2D eigenvalue weighted by atomic mass is 10.1. The first-order valence-electron chi connectivity index (χ1n) is 6.92. The third-order valence-corrected chi connectivity index (χ3v) is 4.71. The van der Waals surface area contributed by atoms with E-state index < -0.39 is 0 Å². The maximum atomic E-state index is 6.33. The van der Waals surface area contributed by atoms with Crippen molar-refractivity contribution in [3.8, 4) is 5.75 Å². The Labute approximate surface area is 123 Å². The van der Waals surface area contributed by atoms with Gasteiger partial charge in [-0.2, -0.15) is 0 Å². The van der Waals surface area contributed by atoms with Crippen LogP contribution in [-0.4, -0.2) is 27.4 Å². The van der Waals surface area contributed by atoms with Gasteiger partial charge in [0.2, 0.25) is 0 Å². The standard InChI is InChI=1S/C15H19N3OS/c1-2-18-8-7-17-15(18)9-11(16)13-10-20-14-6-4-3-5-12(14)19-13/h3-8,11,13H,2,9-10,16H2,1H3. The van der Waals surface area contributed by atoms with Gasteiger partial charge in [-0.25, -0.2) is 4.98 Å². The summed E-state index contributed by atoms with van der Waals surface area (Å²) in [4.78, 5) is 5.59. The van der Waals surface area contributed by atoms with Crippen molar-refractivity contribution >= 4 is 11.8 Å². The van der Waals surface area contributed by atoms with Crippen molar-refractivity contribution in [3.63, 3.8) is 0 Å². The molecule has 0 saturated heterocycles. The molecule has 2 aromatic rings. The molecule has 106 valence electrons. The molecule has 1 aliphatic rings. The quantitative estimate of drug-likeness (QED) is 0.938. The normalized spacial score (nSPS) is 19.2. The molecule has 0 aliphatic carbocycles. The summed E-state index contributed by atoms with van der Waals surface area (Å²) in [5, 5.41) is 0. The highest BCUT2D eigenvalue weighted by Gasteiger charge is 2.26. The molecule has 2 unspecified atom stereocenters. The number of benzene rings is 1. The van der Waals surface area contributed by atoms with E-state index in [1.165, 1.54) is 4.90 Å². The van der Waals surface area contributed by atoms with Crippen LogP contribution in [0.25, 0.3) is 0 Å². The summed E-state index contributed by atoms with van der Waals surface area (Å²) in [6.45, 7) is 3.03. The van der Waals surface area contributed by atoms with Crippen LogP contribution in [0.3, 0.4) is 0 Å². The largest absolute Gasteiger partial charge is 0.487 e. The van der Waals surface area contributed by atoms with Crippen molar-refractivity contribution in [2.24, 2.45) is 5.73 Å². The SMILES string of the molecule is CCn1ccnc1CC(N)C1CSc2ccccc2O1. The first-order valence-corrected chi connectivity index (χ1v) is 7.90. The number of hydrogen-bond donors (Lipinski definition) is 1. The van der Waals surface area contributed by atoms with E-state index in [1.807, 2.05) is 42.4 Å². The molecule has 1 aromatic heterocycles. The number of aryl methyl sites for hydroxylation is 1. The van der Waals surface area contributed by atoms with Crippen molar-refractivity contribution in [3.05, 3.63) is 42.5 Å². The Morgan fingerprint density at radius 1 is 1.50 bits per heavy atom. The second kappa shape index (κ2) is 5.89. The molecule has 0 bridgehead atoms. The molecule has 1 aromatic carbocycles. The molecule has 0 spiro atoms. The Morgan fingerprint density at radius 2 is 2.35 bits per heavy atom. The smallest absolute Gasteiger partial charge is 0.133 e. The molecular weight excluding hydrogens is 270 g/mol. The zero-order chi connectivity index (χ0) is 13.9. The lowest BCUT2D eigenvalue weighted by Crippen LogP contribution is -2.44. The van der Waals surface area contributed by atoms with Gasteiger partial charge < -0.3 is 15.0 Å². The number of rotatable bonds is 4. The monoisotopic (exact) mass is 289 g/mol. The third-order valence-electron chi connectivity index (χ3n) is 3.57. The Hall–Kier alpha value is -1.46. The summed E-state index contributed by atoms with van der Waals surface area (Å²) >= 11 is 1.82. The highest BCUT2D eigenvalue weighted by Crippen LogP contribution is 2.35. The zero-order valence-corrected chi connectivity index (χ0v) is 12.3. The number of ether oxygens (including phenoxy) is 1. The minimum Gasteiger partial charge on any atom is -0.487 e. The summed E-state index contributed by atoms with van der Waals surface area (Å²) in [6, 6.07) is 8.09. The number of nitrogens with zero attached hydrogens (tertiary/aromatic N) is 2. The van der Waals surface area contributed by atoms with E-state index in [-0.39, 0.29) is 12.1 Å². The fraction of sp³-hybridized carbons (Fsp3) is 0.400. The average Bonchev–Trinajstić information content (AvgIpc) is 2.94. The fourth-order valence-corrected chi connectivity index (χ4v) is 3.50. The molecule has 2 N–H and O–H groups in total. The molecule has 2 heterocycles. The molecule has 0 amide bonds. The van der Waals surface area contributed by atoms with Gasteiger partial charge in [0.15, 0.2) is 0 Å². The zero-order valence-electron chi connectivity index (χ0n) is 11.5. The van der Waals surface area contributed by atoms with Crippen LogP contribution in [0, 0.1) is 0 Å². The molecule has 4 nitrogen and oxygen atoms in total. The number of fused-ring (bicyclic) bond motifs is 1. The molecule has 20 heavy (non-hydrogen) atoms.